The van der Waals surface area contributed by atoms with Gasteiger partial charge in [0, 0.05) is 0 Å². The van der Waals surface area contributed by atoms with E-state index >= 15 is 0 Å². The fraction of sp³-hybridized carbons (Fsp3) is 0.222. The number of nitrogens with zero attached hydrogens (tertiary/aromatic N) is 2. The summed E-state index contributed by atoms with van der Waals surface area (Å²) in [7, 11) is 1.58. The summed E-state index contributed by atoms with van der Waals surface area (Å²) in [4.78, 5) is 32.0. The van der Waals surface area contributed by atoms with Gasteiger partial charge in [0.2, 0.25) is 0 Å². The molecule has 1 aliphatic heterocycles. The molecule has 0 N–H and O–H groups in total. The van der Waals surface area contributed by atoms with Crippen molar-refractivity contribution < 1.29 is 19.0 Å². The number of hydrogen-bond donors (Lipinski definition) is 0. The molecule has 0 unspecified atom stereocenters. The SMILES string of the molecule is C=CCOc1c(Br)cc(/C=c2/sc3n(c2=O)[C@@H](c2ccc(OC)c(Br)c2)C(C(=O)OCC)=C(C)N=3)cc1Br. The van der Waals surface area contributed by atoms with Gasteiger partial charge in [-0.2, -0.15) is 0 Å². The number of esters is 1. The van der Waals surface area contributed by atoms with Crippen molar-refractivity contribution in [3.8, 4) is 11.5 Å². The van der Waals surface area contributed by atoms with Gasteiger partial charge in [-0.15, -0.1) is 0 Å². The third-order valence-corrected chi connectivity index (χ3v) is 8.45. The number of thiazole rings is 1. The number of benzene rings is 2. The number of fused-ring (bicyclic) bond motifs is 1. The number of aromatic nitrogens is 1. The van der Waals surface area contributed by atoms with E-state index in [9.17, 15) is 9.59 Å². The van der Waals surface area contributed by atoms with Crippen LogP contribution in [0, 0.1) is 0 Å². The van der Waals surface area contributed by atoms with Crippen molar-refractivity contribution in [3.63, 3.8) is 0 Å². The average Bonchev–Trinajstić information content (AvgIpc) is 3.16. The lowest BCUT2D eigenvalue weighted by Crippen LogP contribution is -2.40. The number of allylic oxidation sites excluding steroid dienone is 1. The van der Waals surface area contributed by atoms with Crippen LogP contribution in [0.1, 0.15) is 31.0 Å². The van der Waals surface area contributed by atoms with Gasteiger partial charge in [0.1, 0.15) is 18.1 Å². The highest BCUT2D eigenvalue weighted by Gasteiger charge is 2.33. The van der Waals surface area contributed by atoms with E-state index < -0.39 is 12.0 Å². The Kier molecular flexibility index (Phi) is 9.12. The minimum Gasteiger partial charge on any atom is -0.496 e. The van der Waals surface area contributed by atoms with Gasteiger partial charge in [-0.05, 0) is 103 Å². The monoisotopic (exact) mass is 724 g/mol. The second-order valence-electron chi connectivity index (χ2n) is 8.11. The lowest BCUT2D eigenvalue weighted by atomic mass is 9.96. The molecular formula is C27H23Br3N2O5S. The summed E-state index contributed by atoms with van der Waals surface area (Å²) in [5.74, 6) is 0.766. The van der Waals surface area contributed by atoms with Gasteiger partial charge in [0.25, 0.3) is 5.56 Å². The van der Waals surface area contributed by atoms with Crippen LogP contribution in [0.5, 0.6) is 11.5 Å². The molecule has 0 bridgehead atoms. The normalized spacial score (nSPS) is 15.1. The average molecular weight is 727 g/mol. The van der Waals surface area contributed by atoms with Gasteiger partial charge in [-0.25, -0.2) is 9.79 Å². The Morgan fingerprint density at radius 3 is 2.50 bits per heavy atom. The summed E-state index contributed by atoms with van der Waals surface area (Å²) in [6.07, 6.45) is 3.46. The molecule has 7 nitrogen and oxygen atoms in total. The summed E-state index contributed by atoms with van der Waals surface area (Å²) >= 11 is 11.9. The summed E-state index contributed by atoms with van der Waals surface area (Å²) < 4.78 is 20.6. The van der Waals surface area contributed by atoms with Crippen LogP contribution in [0.15, 0.2) is 77.5 Å². The zero-order chi connectivity index (χ0) is 27.6. The predicted octanol–water partition coefficient (Wildman–Crippen LogP) is 5.66. The molecule has 1 atom stereocenters. The van der Waals surface area contributed by atoms with Crippen molar-refractivity contribution in [1.29, 1.82) is 0 Å². The van der Waals surface area contributed by atoms with Crippen LogP contribution in [0.25, 0.3) is 6.08 Å². The van der Waals surface area contributed by atoms with Crippen molar-refractivity contribution in [1.82, 2.24) is 4.57 Å². The molecule has 0 radical (unpaired) electrons. The van der Waals surface area contributed by atoms with Gasteiger partial charge in [-0.1, -0.05) is 30.1 Å². The van der Waals surface area contributed by atoms with Gasteiger partial charge < -0.3 is 14.2 Å². The number of carbonyl (C=O) groups excluding carboxylic acids is 1. The second-order valence-corrected chi connectivity index (χ2v) is 11.7. The van der Waals surface area contributed by atoms with E-state index in [0.717, 1.165) is 20.1 Å². The number of ether oxygens (including phenoxy) is 3. The molecule has 0 spiro atoms. The highest BCUT2D eigenvalue weighted by atomic mass is 79.9. The Morgan fingerprint density at radius 2 is 1.89 bits per heavy atom. The van der Waals surface area contributed by atoms with Crippen LogP contribution in [-0.4, -0.2) is 30.9 Å². The molecule has 0 saturated carbocycles. The largest absolute Gasteiger partial charge is 0.496 e. The highest BCUT2D eigenvalue weighted by Crippen LogP contribution is 2.36. The molecule has 2 heterocycles. The number of methoxy groups -OCH3 is 1. The Bertz CT molecular complexity index is 1620. The molecule has 0 saturated heterocycles. The maximum Gasteiger partial charge on any atom is 0.338 e. The lowest BCUT2D eigenvalue weighted by Gasteiger charge is -2.25. The van der Waals surface area contributed by atoms with Crippen LogP contribution in [-0.2, 0) is 9.53 Å². The fourth-order valence-electron chi connectivity index (χ4n) is 4.05. The van der Waals surface area contributed by atoms with E-state index in [1.165, 1.54) is 11.3 Å². The predicted molar refractivity (Wildman–Crippen MR) is 159 cm³/mol. The smallest absolute Gasteiger partial charge is 0.338 e. The quantitative estimate of drug-likeness (QED) is 0.221. The van der Waals surface area contributed by atoms with Gasteiger partial charge in [-0.3, -0.25) is 9.36 Å². The number of rotatable bonds is 8. The van der Waals surface area contributed by atoms with E-state index in [1.807, 2.05) is 24.3 Å². The van der Waals surface area contributed by atoms with E-state index in [0.29, 0.717) is 43.2 Å². The van der Waals surface area contributed by atoms with Crippen molar-refractivity contribution in [2.45, 2.75) is 19.9 Å². The van der Waals surface area contributed by atoms with Crippen LogP contribution >= 0.6 is 59.1 Å². The Hall–Kier alpha value is -2.47. The zero-order valence-electron chi connectivity index (χ0n) is 20.7. The fourth-order valence-corrected chi connectivity index (χ4v) is 7.11. The van der Waals surface area contributed by atoms with Gasteiger partial charge >= 0.3 is 5.97 Å². The van der Waals surface area contributed by atoms with Crippen molar-refractivity contribution in [2.75, 3.05) is 20.3 Å². The lowest BCUT2D eigenvalue weighted by molar-refractivity contribution is -0.139. The summed E-state index contributed by atoms with van der Waals surface area (Å²) in [5.41, 5.74) is 2.06. The maximum absolute atomic E-state index is 13.8. The molecule has 198 valence electrons. The third kappa shape index (κ3) is 5.61. The standard InChI is InChI=1S/C27H23Br3N2O5S/c1-5-9-37-24-18(29)10-15(11-19(24)30)12-21-25(33)32-23(16-7-8-20(35-4)17(28)13-16)22(26(34)36-6-2)14(3)31-27(32)38-21/h5,7-8,10-13,23H,1,6,9H2,2-4H3/b21-12+/t23-/m0/s1. The minimum atomic E-state index is -0.720. The molecule has 11 heteroatoms. The highest BCUT2D eigenvalue weighted by molar-refractivity contribution is 9.11. The first kappa shape index (κ1) is 28.5. The summed E-state index contributed by atoms with van der Waals surface area (Å²) in [5, 5.41) is 0. The van der Waals surface area contributed by atoms with Gasteiger partial charge in [0.15, 0.2) is 4.80 Å². The molecule has 0 aliphatic carbocycles. The van der Waals surface area contributed by atoms with Crippen LogP contribution in [0.4, 0.5) is 0 Å². The minimum absolute atomic E-state index is 0.204. The van der Waals surface area contributed by atoms with E-state index in [1.54, 1.807) is 43.7 Å². The number of carbonyl (C=O) groups is 1. The van der Waals surface area contributed by atoms with E-state index in [4.69, 9.17) is 14.2 Å². The summed E-state index contributed by atoms with van der Waals surface area (Å²) in [6, 6.07) is 8.49. The Balaban J connectivity index is 1.91. The molecule has 3 aromatic rings. The van der Waals surface area contributed by atoms with Crippen molar-refractivity contribution >= 4 is 71.2 Å². The van der Waals surface area contributed by atoms with Crippen LogP contribution < -0.4 is 24.4 Å². The van der Waals surface area contributed by atoms with Crippen LogP contribution in [0.3, 0.4) is 0 Å². The first-order chi connectivity index (χ1) is 18.2. The maximum atomic E-state index is 13.8. The van der Waals surface area contributed by atoms with E-state index in [-0.39, 0.29) is 12.2 Å². The second kappa shape index (κ2) is 12.1. The molecule has 2 aromatic carbocycles. The molecular weight excluding hydrogens is 704 g/mol. The van der Waals surface area contributed by atoms with Crippen molar-refractivity contribution in [2.24, 2.45) is 4.99 Å². The first-order valence-electron chi connectivity index (χ1n) is 11.5. The Labute approximate surface area is 248 Å². The molecule has 0 fully saturated rings. The van der Waals surface area contributed by atoms with Gasteiger partial charge in [0.05, 0.1) is 49.0 Å². The Morgan fingerprint density at radius 1 is 1.18 bits per heavy atom. The number of hydrogen-bond acceptors (Lipinski definition) is 7. The molecule has 38 heavy (non-hydrogen) atoms. The van der Waals surface area contributed by atoms with E-state index in [2.05, 4.69) is 59.4 Å². The topological polar surface area (TPSA) is 79.1 Å². The summed E-state index contributed by atoms with van der Waals surface area (Å²) in [6.45, 7) is 7.74. The molecule has 1 aliphatic rings. The number of halogens is 3. The molecule has 0 amide bonds. The third-order valence-electron chi connectivity index (χ3n) is 5.67. The first-order valence-corrected chi connectivity index (χ1v) is 14.7. The molecule has 1 aromatic heterocycles. The zero-order valence-corrected chi connectivity index (χ0v) is 26.3. The van der Waals surface area contributed by atoms with Crippen molar-refractivity contribution in [3.05, 3.63) is 98.5 Å². The molecule has 4 rings (SSSR count). The van der Waals surface area contributed by atoms with Crippen LogP contribution in [0.2, 0.25) is 0 Å².